The van der Waals surface area contributed by atoms with Crippen LogP contribution >= 0.6 is 11.6 Å². The van der Waals surface area contributed by atoms with Gasteiger partial charge in [-0.15, -0.1) is 6.42 Å². The highest BCUT2D eigenvalue weighted by Gasteiger charge is 2.15. The van der Waals surface area contributed by atoms with E-state index in [4.69, 9.17) is 22.8 Å². The lowest BCUT2D eigenvalue weighted by Gasteiger charge is -2.22. The number of terminal acetylenes is 1. The number of rotatable bonds is 7. The first-order valence-electron chi connectivity index (χ1n) is 5.67. The molecule has 0 aliphatic rings. The maximum Gasteiger partial charge on any atom is 0.215 e. The molecular formula is C13H15ClFN3O2. The Morgan fingerprint density at radius 2 is 2.25 bits per heavy atom. The molecule has 0 aliphatic carbocycles. The Balaban J connectivity index is 3.02. The zero-order valence-electron chi connectivity index (χ0n) is 11.2. The third-order valence-corrected chi connectivity index (χ3v) is 2.60. The van der Waals surface area contributed by atoms with Gasteiger partial charge in [-0.25, -0.2) is 14.8 Å². The zero-order chi connectivity index (χ0) is 15.1. The van der Waals surface area contributed by atoms with E-state index in [0.29, 0.717) is 6.41 Å². The van der Waals surface area contributed by atoms with Crippen LogP contribution in [-0.4, -0.2) is 38.8 Å². The van der Waals surface area contributed by atoms with Crippen LogP contribution in [0.4, 0.5) is 10.1 Å². The van der Waals surface area contributed by atoms with Gasteiger partial charge in [-0.05, 0) is 6.07 Å². The van der Waals surface area contributed by atoms with Gasteiger partial charge in [-0.3, -0.25) is 9.69 Å². The number of nitrogens with one attached hydrogen (secondary N) is 1. The molecule has 1 aromatic carbocycles. The summed E-state index contributed by atoms with van der Waals surface area (Å²) in [6, 6.07) is 2.41. The van der Waals surface area contributed by atoms with E-state index in [1.54, 1.807) is 19.1 Å². The number of hydrogen-bond donors (Lipinski definition) is 1. The molecule has 7 heteroatoms. The molecular weight excluding hydrogens is 285 g/mol. The topological polar surface area (TPSA) is 44.8 Å². The third kappa shape index (κ3) is 4.38. The van der Waals surface area contributed by atoms with E-state index in [1.807, 2.05) is 0 Å². The Morgan fingerprint density at radius 1 is 1.55 bits per heavy atom. The average Bonchev–Trinajstić information content (AvgIpc) is 2.39. The van der Waals surface area contributed by atoms with Crippen molar-refractivity contribution in [2.24, 2.45) is 0 Å². The molecule has 0 atom stereocenters. The van der Waals surface area contributed by atoms with E-state index in [2.05, 4.69) is 11.3 Å². The molecule has 0 aliphatic heterocycles. The first-order valence-corrected chi connectivity index (χ1v) is 6.05. The number of halogens is 2. The summed E-state index contributed by atoms with van der Waals surface area (Å²) in [5, 5.41) is 1.73. The summed E-state index contributed by atoms with van der Waals surface area (Å²) in [7, 11) is 3.51. The third-order valence-electron chi connectivity index (χ3n) is 2.31. The predicted molar refractivity (Wildman–Crippen MR) is 76.0 cm³/mol. The maximum absolute atomic E-state index is 13.9. The first kappa shape index (κ1) is 16.2. The van der Waals surface area contributed by atoms with Gasteiger partial charge in [0.2, 0.25) is 6.41 Å². The second-order valence-corrected chi connectivity index (χ2v) is 4.42. The fraction of sp³-hybridized carbons (Fsp3) is 0.308. The van der Waals surface area contributed by atoms with Crippen molar-refractivity contribution in [2.45, 2.75) is 0 Å². The van der Waals surface area contributed by atoms with Gasteiger partial charge >= 0.3 is 0 Å². The van der Waals surface area contributed by atoms with Crippen molar-refractivity contribution in [1.29, 1.82) is 0 Å². The Hall–Kier alpha value is -1.81. The molecule has 0 aromatic heterocycles. The second kappa shape index (κ2) is 7.70. The lowest BCUT2D eigenvalue weighted by atomic mass is 10.2. The molecule has 1 aromatic rings. The number of carbonyl (C=O) groups is 1. The minimum atomic E-state index is -0.629. The summed E-state index contributed by atoms with van der Waals surface area (Å²) in [5.41, 5.74) is 2.90. The van der Waals surface area contributed by atoms with Crippen LogP contribution < -0.4 is 15.1 Å². The van der Waals surface area contributed by atoms with Crippen LogP contribution in [0, 0.1) is 18.2 Å². The Bertz CT molecular complexity index is 517. The van der Waals surface area contributed by atoms with Crippen molar-refractivity contribution in [3.63, 3.8) is 0 Å². The van der Waals surface area contributed by atoms with Gasteiger partial charge in [0.25, 0.3) is 0 Å². The monoisotopic (exact) mass is 299 g/mol. The van der Waals surface area contributed by atoms with Crippen molar-refractivity contribution in [1.82, 2.24) is 10.4 Å². The number of ether oxygens (including phenoxy) is 1. The summed E-state index contributed by atoms with van der Waals surface area (Å²) in [5.74, 6) is 1.88. The van der Waals surface area contributed by atoms with Crippen LogP contribution in [0.1, 0.15) is 0 Å². The molecule has 1 rings (SSSR count). The molecule has 20 heavy (non-hydrogen) atoms. The average molecular weight is 300 g/mol. The highest BCUT2D eigenvalue weighted by atomic mass is 35.5. The largest absolute Gasteiger partial charge is 0.479 e. The number of anilines is 1. The molecule has 5 nitrogen and oxygen atoms in total. The standard InChI is InChI=1S/C13H15ClFN3O2/c1-4-5-20-13-7-12(11(15)6-10(13)14)18(9-19)8-16-17(2)3/h1,6-7,9,16H,5,8H2,2-3H3. The van der Waals surface area contributed by atoms with E-state index >= 15 is 0 Å². The summed E-state index contributed by atoms with van der Waals surface area (Å²) < 4.78 is 19.1. The fourth-order valence-corrected chi connectivity index (χ4v) is 1.57. The quantitative estimate of drug-likeness (QED) is 0.358. The van der Waals surface area contributed by atoms with Crippen LogP contribution in [0.15, 0.2) is 12.1 Å². The van der Waals surface area contributed by atoms with Crippen LogP contribution in [0.3, 0.4) is 0 Å². The molecule has 0 saturated heterocycles. The molecule has 0 heterocycles. The van der Waals surface area contributed by atoms with E-state index in [1.165, 1.54) is 6.07 Å². The Morgan fingerprint density at radius 3 is 2.80 bits per heavy atom. The second-order valence-electron chi connectivity index (χ2n) is 4.01. The molecule has 0 radical (unpaired) electrons. The van der Waals surface area contributed by atoms with E-state index in [9.17, 15) is 9.18 Å². The molecule has 0 spiro atoms. The minimum absolute atomic E-state index is 0.00181. The number of hydrogen-bond acceptors (Lipinski definition) is 4. The predicted octanol–water partition coefficient (Wildman–Crippen LogP) is 1.48. The summed E-state index contributed by atoms with van der Waals surface area (Å²) in [4.78, 5) is 12.2. The summed E-state index contributed by atoms with van der Waals surface area (Å²) in [6.45, 7) is 0.103. The van der Waals surface area contributed by atoms with Gasteiger partial charge in [0.15, 0.2) is 0 Å². The van der Waals surface area contributed by atoms with Gasteiger partial charge in [-0.1, -0.05) is 17.5 Å². The molecule has 0 saturated carbocycles. The summed E-state index contributed by atoms with van der Waals surface area (Å²) >= 11 is 5.85. The van der Waals surface area contributed by atoms with Crippen molar-refractivity contribution in [3.8, 4) is 18.1 Å². The lowest BCUT2D eigenvalue weighted by Crippen LogP contribution is -2.41. The van der Waals surface area contributed by atoms with E-state index < -0.39 is 5.82 Å². The number of benzene rings is 1. The van der Waals surface area contributed by atoms with Gasteiger partial charge in [0.1, 0.15) is 18.2 Å². The maximum atomic E-state index is 13.9. The fourth-order valence-electron chi connectivity index (χ4n) is 1.37. The Labute approximate surface area is 122 Å². The van der Waals surface area contributed by atoms with Gasteiger partial charge in [-0.2, -0.15) is 0 Å². The van der Waals surface area contributed by atoms with Crippen molar-refractivity contribution >= 4 is 23.7 Å². The van der Waals surface area contributed by atoms with Gasteiger partial charge < -0.3 is 4.74 Å². The summed E-state index contributed by atoms with van der Waals surface area (Å²) in [6.07, 6.45) is 5.59. The molecule has 1 amide bonds. The molecule has 1 N–H and O–H groups in total. The molecule has 0 fully saturated rings. The number of nitrogens with zero attached hydrogens (tertiary/aromatic N) is 2. The highest BCUT2D eigenvalue weighted by molar-refractivity contribution is 6.32. The number of amides is 1. The highest BCUT2D eigenvalue weighted by Crippen LogP contribution is 2.32. The van der Waals surface area contributed by atoms with Crippen LogP contribution in [0.2, 0.25) is 5.02 Å². The number of hydrazine groups is 1. The van der Waals surface area contributed by atoms with E-state index in [-0.39, 0.29) is 29.7 Å². The molecule has 0 unspecified atom stereocenters. The van der Waals surface area contributed by atoms with Gasteiger partial charge in [0, 0.05) is 20.2 Å². The van der Waals surface area contributed by atoms with Crippen molar-refractivity contribution < 1.29 is 13.9 Å². The van der Waals surface area contributed by atoms with E-state index in [0.717, 1.165) is 11.0 Å². The Kier molecular flexibility index (Phi) is 6.25. The minimum Gasteiger partial charge on any atom is -0.479 e. The van der Waals surface area contributed by atoms with Crippen molar-refractivity contribution in [2.75, 3.05) is 32.3 Å². The van der Waals surface area contributed by atoms with Gasteiger partial charge in [0.05, 0.1) is 17.4 Å². The van der Waals surface area contributed by atoms with Crippen LogP contribution in [0.25, 0.3) is 0 Å². The normalized spacial score (nSPS) is 10.2. The number of carbonyl (C=O) groups excluding carboxylic acids is 1. The zero-order valence-corrected chi connectivity index (χ0v) is 11.9. The van der Waals surface area contributed by atoms with Crippen LogP contribution in [0.5, 0.6) is 5.75 Å². The molecule has 0 bridgehead atoms. The smallest absolute Gasteiger partial charge is 0.215 e. The van der Waals surface area contributed by atoms with Crippen LogP contribution in [-0.2, 0) is 4.79 Å². The molecule has 108 valence electrons. The SMILES string of the molecule is C#CCOc1cc(N(C=O)CNN(C)C)c(F)cc1Cl. The lowest BCUT2D eigenvalue weighted by molar-refractivity contribution is -0.107. The van der Waals surface area contributed by atoms with Crippen molar-refractivity contribution in [3.05, 3.63) is 23.0 Å². The first-order chi connectivity index (χ1) is 9.49.